The smallest absolute Gasteiger partial charge is 0.506 e. The molecule has 0 aliphatic carbocycles. The van der Waals surface area contributed by atoms with E-state index in [2.05, 4.69) is 4.40 Å². The molecule has 0 saturated carbocycles. The van der Waals surface area contributed by atoms with Gasteiger partial charge in [-0.3, -0.25) is 10.9 Å². The summed E-state index contributed by atoms with van der Waals surface area (Å²) in [7, 11) is 0. The van der Waals surface area contributed by atoms with Crippen LogP contribution < -0.4 is 22.3 Å². The second-order valence-electron chi connectivity index (χ2n) is 1.91. The predicted molar refractivity (Wildman–Crippen MR) is 44.5 cm³/mol. The minimum Gasteiger partial charge on any atom is -0.754 e. The van der Waals surface area contributed by atoms with Crippen LogP contribution in [0.25, 0.3) is 0 Å². The van der Waals surface area contributed by atoms with Gasteiger partial charge in [0.05, 0.1) is 11.3 Å². The van der Waals surface area contributed by atoms with Crippen molar-refractivity contribution in [3.05, 3.63) is 0 Å². The first-order valence-corrected chi connectivity index (χ1v) is 4.11. The van der Waals surface area contributed by atoms with Gasteiger partial charge in [0.25, 0.3) is 0 Å². The Morgan fingerprint density at radius 2 is 1.73 bits per heavy atom. The van der Waals surface area contributed by atoms with E-state index in [0.29, 0.717) is 0 Å². The Hall–Kier alpha value is -1.56. The zero-order valence-electron chi connectivity index (χ0n) is 6.91. The number of nitrogens with two attached hydrogens (primary N) is 2. The first kappa shape index (κ1) is 13.4. The highest BCUT2D eigenvalue weighted by molar-refractivity contribution is 7.77. The third-order valence-corrected chi connectivity index (χ3v) is 1.08. The van der Waals surface area contributed by atoms with Gasteiger partial charge in [-0.05, 0) is 0 Å². The molecule has 0 heterocycles. The Morgan fingerprint density at radius 1 is 1.27 bits per heavy atom. The summed E-state index contributed by atoms with van der Waals surface area (Å²) in [6, 6.07) is 0. The Balaban J connectivity index is 4.18. The molecule has 0 radical (unpaired) electrons. The highest BCUT2D eigenvalue weighted by atomic mass is 32.2. The molecule has 0 spiro atoms. The number of nitrogens with zero attached hydrogens (tertiary/aromatic N) is 2. The summed E-state index contributed by atoms with van der Waals surface area (Å²) in [6.45, 7) is 0. The minimum atomic E-state index is -4.84. The highest BCUT2D eigenvalue weighted by Crippen LogP contribution is 2.14. The van der Waals surface area contributed by atoms with E-state index < -0.39 is 29.5 Å². The largest absolute Gasteiger partial charge is 0.754 e. The zero-order chi connectivity index (χ0) is 12.1. The summed E-state index contributed by atoms with van der Waals surface area (Å²) in [5, 5.41) is 0. The highest BCUT2D eigenvalue weighted by Gasteiger charge is 2.26. The average molecular weight is 247 g/mol. The van der Waals surface area contributed by atoms with Crippen LogP contribution in [0.1, 0.15) is 0 Å². The lowest BCUT2D eigenvalue weighted by atomic mass is 10.9. The van der Waals surface area contributed by atoms with Crippen LogP contribution in [0.3, 0.4) is 0 Å². The van der Waals surface area contributed by atoms with Crippen molar-refractivity contribution in [3.63, 3.8) is 0 Å². The molecule has 6 N–H and O–H groups in total. The van der Waals surface area contributed by atoms with Crippen LogP contribution in [0.15, 0.2) is 9.39 Å². The van der Waals surface area contributed by atoms with Crippen LogP contribution in [0.4, 0.5) is 13.2 Å². The van der Waals surface area contributed by atoms with E-state index in [1.54, 1.807) is 10.9 Å². The fourth-order valence-corrected chi connectivity index (χ4v) is 0.602. The van der Waals surface area contributed by atoms with Crippen molar-refractivity contribution in [3.8, 4) is 0 Å². The maximum atomic E-state index is 11.5. The van der Waals surface area contributed by atoms with Crippen molar-refractivity contribution in [2.75, 3.05) is 0 Å². The van der Waals surface area contributed by atoms with Crippen LogP contribution in [0.2, 0.25) is 0 Å². The molecule has 1 atom stereocenters. The predicted octanol–water partition coefficient (Wildman–Crippen LogP) is -1.98. The van der Waals surface area contributed by atoms with Gasteiger partial charge < -0.3 is 16.0 Å². The second kappa shape index (κ2) is 5.35. The lowest BCUT2D eigenvalue weighted by Gasteiger charge is -2.08. The van der Waals surface area contributed by atoms with E-state index in [1.165, 1.54) is 0 Å². The molecule has 0 rings (SSSR count). The minimum absolute atomic E-state index is 0.691. The fourth-order valence-electron chi connectivity index (χ4n) is 0.396. The number of guanidine groups is 2. The summed E-state index contributed by atoms with van der Waals surface area (Å²) < 4.78 is 57.1. The van der Waals surface area contributed by atoms with E-state index in [9.17, 15) is 21.9 Å². The van der Waals surface area contributed by atoms with E-state index >= 15 is 0 Å². The molecule has 0 bridgehead atoms. The summed E-state index contributed by atoms with van der Waals surface area (Å²) >= 11 is -2.82. The number of hydrazine groups is 1. The molecule has 0 aromatic carbocycles. The van der Waals surface area contributed by atoms with Crippen molar-refractivity contribution < 1.29 is 21.9 Å². The summed E-state index contributed by atoms with van der Waals surface area (Å²) in [5.41, 5.74) is 13.0. The average Bonchev–Trinajstić information content (AvgIpc) is 1.96. The van der Waals surface area contributed by atoms with Crippen LogP contribution in [-0.2, 0) is 11.3 Å². The molecular weight excluding hydrogens is 241 g/mol. The van der Waals surface area contributed by atoms with Crippen molar-refractivity contribution in [2.45, 2.75) is 6.30 Å². The third-order valence-electron chi connectivity index (χ3n) is 0.739. The molecule has 0 aromatic rings. The molecule has 0 aliphatic heterocycles. The molecule has 0 amide bonds. The van der Waals surface area contributed by atoms with Gasteiger partial charge in [0.15, 0.2) is 0 Å². The third kappa shape index (κ3) is 8.76. The summed E-state index contributed by atoms with van der Waals surface area (Å²) in [5.74, 6) is -1.74. The number of hydrogen-bond donors (Lipinski definition) is 4. The Kier molecular flexibility index (Phi) is 4.80. The van der Waals surface area contributed by atoms with Gasteiger partial charge >= 0.3 is 6.30 Å². The van der Waals surface area contributed by atoms with Crippen LogP contribution in [0.5, 0.6) is 0 Å². The quantitative estimate of drug-likeness (QED) is 0.139. The Labute approximate surface area is 84.0 Å². The molecule has 0 saturated heterocycles. The van der Waals surface area contributed by atoms with E-state index in [-0.39, 0.29) is 0 Å². The second-order valence-corrected chi connectivity index (χ2v) is 2.53. The van der Waals surface area contributed by atoms with Gasteiger partial charge in [0.1, 0.15) is 0 Å². The van der Waals surface area contributed by atoms with Crippen LogP contribution in [0, 0.1) is 0 Å². The Bertz CT molecular complexity index is 300. The summed E-state index contributed by atoms with van der Waals surface area (Å²) in [6.07, 6.45) is -4.84. The lowest BCUT2D eigenvalue weighted by Crippen LogP contribution is -2.49. The van der Waals surface area contributed by atoms with E-state index in [4.69, 9.17) is 11.5 Å². The van der Waals surface area contributed by atoms with Crippen molar-refractivity contribution >= 4 is 23.2 Å². The van der Waals surface area contributed by atoms with E-state index in [1.807, 2.05) is 4.99 Å². The maximum Gasteiger partial charge on any atom is 0.506 e. The van der Waals surface area contributed by atoms with Gasteiger partial charge in [-0.25, -0.2) is 4.21 Å². The zero-order valence-corrected chi connectivity index (χ0v) is 7.72. The van der Waals surface area contributed by atoms with Crippen molar-refractivity contribution in [1.82, 2.24) is 10.9 Å². The molecule has 88 valence electrons. The normalized spacial score (nSPS) is 16.0. The molecule has 0 aromatic heterocycles. The molecule has 1 unspecified atom stereocenters. The fraction of sp³-hybridized carbons (Fsp3) is 0.333. The number of hydrogen-bond acceptors (Lipinski definition) is 3. The SMILES string of the molecule is NC(=NS(=O)[O-])NNC(N)=NC(F)(F)F. The number of rotatable bonds is 1. The van der Waals surface area contributed by atoms with Crippen LogP contribution >= 0.6 is 0 Å². The molecule has 0 aliphatic rings. The Morgan fingerprint density at radius 3 is 2.13 bits per heavy atom. The molecule has 15 heavy (non-hydrogen) atoms. The molecular formula is C3H6F3N6O2S-. The van der Waals surface area contributed by atoms with Gasteiger partial charge in [0.2, 0.25) is 11.9 Å². The topological polar surface area (TPSA) is 141 Å². The van der Waals surface area contributed by atoms with E-state index in [0.717, 1.165) is 0 Å². The van der Waals surface area contributed by atoms with Crippen molar-refractivity contribution in [2.24, 2.45) is 20.9 Å². The van der Waals surface area contributed by atoms with Crippen LogP contribution in [-0.4, -0.2) is 27.0 Å². The number of nitrogens with one attached hydrogen (secondary N) is 2. The standard InChI is InChI=1S/C3H7F3N6O2S/c4-3(5,6)9-1(7)10-11-2(8)12-15(13)14/h(H,13,14)(H3,7,9,10)(H3,8,11,12)/p-1. The van der Waals surface area contributed by atoms with Gasteiger partial charge in [-0.1, -0.05) is 0 Å². The lowest BCUT2D eigenvalue weighted by molar-refractivity contribution is -0.119. The van der Waals surface area contributed by atoms with Gasteiger partial charge in [0, 0.05) is 0 Å². The molecule has 8 nitrogen and oxygen atoms in total. The van der Waals surface area contributed by atoms with Gasteiger partial charge in [-0.2, -0.15) is 4.40 Å². The molecule has 0 fully saturated rings. The van der Waals surface area contributed by atoms with Crippen molar-refractivity contribution in [1.29, 1.82) is 0 Å². The summed E-state index contributed by atoms with van der Waals surface area (Å²) in [4.78, 5) is 2.02. The first-order valence-electron chi connectivity index (χ1n) is 3.08. The van der Waals surface area contributed by atoms with Gasteiger partial charge in [-0.15, -0.1) is 18.2 Å². The maximum absolute atomic E-state index is 11.5. The first-order chi connectivity index (χ1) is 6.70. The number of aliphatic imine (C=N–C) groups is 1. The number of alkyl halides is 3. The number of halogens is 3. The monoisotopic (exact) mass is 247 g/mol. The molecule has 12 heteroatoms.